The fourth-order valence-electron chi connectivity index (χ4n) is 0. The maximum absolute atomic E-state index is 9.53. The average molecular weight is 672 g/mol. The summed E-state index contributed by atoms with van der Waals surface area (Å²) < 4.78 is 0. The molecule has 8 heteroatoms. The predicted molar refractivity (Wildman–Crippen MR) is 90.8 cm³/mol. The molecule has 0 aromatic carbocycles. The summed E-state index contributed by atoms with van der Waals surface area (Å²) in [6.07, 6.45) is -2.50. The Morgan fingerprint density at radius 1 is 0.269 bits per heavy atom. The quantitative estimate of drug-likeness (QED) is 0.308. The average Bonchev–Trinajstić information content (AvgIpc) is 2.08. The zero-order valence-corrected chi connectivity index (χ0v) is 22.9. The minimum Gasteiger partial charge on any atom is -0.852 e. The van der Waals surface area contributed by atoms with Crippen LogP contribution in [0.2, 0.25) is 0 Å². The molecule has 0 aromatic heterocycles. The van der Waals surface area contributed by atoms with E-state index in [1.807, 2.05) is 0 Å². The molecule has 0 bridgehead atoms. The van der Waals surface area contributed by atoms with Crippen LogP contribution in [0.4, 0.5) is 0 Å². The Kier molecular flexibility index (Phi) is 90.3. The predicted octanol–water partition coefficient (Wildman–Crippen LogP) is -1.47. The maximum Gasteiger partial charge on any atom is 3.00 e. The van der Waals surface area contributed by atoms with Crippen LogP contribution in [0.5, 0.6) is 0 Å². The van der Waals surface area contributed by atoms with Crippen molar-refractivity contribution in [1.82, 2.24) is 0 Å². The van der Waals surface area contributed by atoms with Gasteiger partial charge in [0.05, 0.1) is 0 Å². The van der Waals surface area contributed by atoms with Crippen molar-refractivity contribution in [2.45, 2.75) is 120 Å². The molecule has 168 valence electrons. The van der Waals surface area contributed by atoms with Gasteiger partial charge in [0.25, 0.3) is 0 Å². The summed E-state index contributed by atoms with van der Waals surface area (Å²) in [6.45, 7) is 19.3. The molecule has 0 aliphatic rings. The van der Waals surface area contributed by atoms with Gasteiger partial charge in [-0.15, -0.1) is 36.6 Å². The van der Waals surface area contributed by atoms with Crippen LogP contribution in [0.3, 0.4) is 0 Å². The second kappa shape index (κ2) is 45.8. The first kappa shape index (κ1) is 51.2. The first-order valence-corrected chi connectivity index (χ1v) is 8.34. The van der Waals surface area contributed by atoms with Gasteiger partial charge in [0, 0.05) is 0 Å². The van der Waals surface area contributed by atoms with Crippen molar-refractivity contribution in [3.8, 4) is 0 Å². The molecule has 0 spiro atoms. The fourth-order valence-corrected chi connectivity index (χ4v) is 0. The molecule has 0 heterocycles. The zero-order valence-electron chi connectivity index (χ0n) is 18.6. The number of hydrogen-bond acceptors (Lipinski definition) is 6. The van der Waals surface area contributed by atoms with Crippen LogP contribution >= 0.6 is 0 Å². The molecule has 0 rings (SSSR count). The van der Waals surface area contributed by atoms with Gasteiger partial charge in [0.15, 0.2) is 0 Å². The summed E-state index contributed by atoms with van der Waals surface area (Å²) in [4.78, 5) is 0. The van der Waals surface area contributed by atoms with Crippen LogP contribution in [0, 0.1) is 77.2 Å². The Labute approximate surface area is 225 Å². The van der Waals surface area contributed by atoms with Gasteiger partial charge >= 0.3 is 77.2 Å². The Morgan fingerprint density at radius 3 is 0.269 bits per heavy atom. The third-order valence-electron chi connectivity index (χ3n) is 0. The van der Waals surface area contributed by atoms with Gasteiger partial charge in [-0.2, -0.15) is 0 Å². The van der Waals surface area contributed by atoms with Crippen LogP contribution < -0.4 is 30.6 Å². The van der Waals surface area contributed by atoms with Crippen molar-refractivity contribution >= 4 is 0 Å². The molecule has 0 N–H and O–H groups in total. The van der Waals surface area contributed by atoms with Gasteiger partial charge in [-0.05, 0) is 0 Å². The van der Waals surface area contributed by atoms with Gasteiger partial charge < -0.3 is 30.6 Å². The maximum atomic E-state index is 9.53. The first-order chi connectivity index (χ1) is 10.4. The third kappa shape index (κ3) is 3110. The van der Waals surface area contributed by atoms with Crippen molar-refractivity contribution in [2.24, 2.45) is 0 Å². The molecular formula is C18H42O6Tb2. The summed E-state index contributed by atoms with van der Waals surface area (Å²) >= 11 is 0. The van der Waals surface area contributed by atoms with Crippen LogP contribution in [0.25, 0.3) is 0 Å². The standard InChI is InChI=1S/6C3H7O.2Tb/c6*1-3(2)4;;/h6*3H,1-2H3;;/q6*-1;2*+3. The van der Waals surface area contributed by atoms with Crippen molar-refractivity contribution < 1.29 is 108 Å². The minimum atomic E-state index is -0.417. The largest absolute Gasteiger partial charge is 3.00 e. The molecule has 0 fully saturated rings. The van der Waals surface area contributed by atoms with Crippen LogP contribution in [-0.4, -0.2) is 36.6 Å². The zero-order chi connectivity index (χ0) is 21.5. The van der Waals surface area contributed by atoms with E-state index in [0.29, 0.717) is 0 Å². The van der Waals surface area contributed by atoms with Gasteiger partial charge in [-0.25, -0.2) is 0 Å². The molecule has 0 saturated carbocycles. The van der Waals surface area contributed by atoms with Gasteiger partial charge in [0.2, 0.25) is 0 Å². The van der Waals surface area contributed by atoms with E-state index in [0.717, 1.165) is 0 Å². The van der Waals surface area contributed by atoms with E-state index in [9.17, 15) is 30.6 Å². The molecule has 0 unspecified atom stereocenters. The van der Waals surface area contributed by atoms with Gasteiger partial charge in [-0.3, -0.25) is 0 Å². The fraction of sp³-hybridized carbons (Fsp3) is 1.00. The van der Waals surface area contributed by atoms with Crippen LogP contribution in [-0.2, 0) is 0 Å². The Morgan fingerprint density at radius 2 is 0.269 bits per heavy atom. The Hall–Kier alpha value is 2.33. The number of rotatable bonds is 0. The Bertz CT molecular complexity index is 105. The molecular weight excluding hydrogens is 630 g/mol. The van der Waals surface area contributed by atoms with Crippen molar-refractivity contribution in [3.05, 3.63) is 0 Å². The van der Waals surface area contributed by atoms with E-state index in [1.165, 1.54) is 0 Å². The van der Waals surface area contributed by atoms with Crippen molar-refractivity contribution in [1.29, 1.82) is 0 Å². The van der Waals surface area contributed by atoms with Crippen molar-refractivity contribution in [3.63, 3.8) is 0 Å². The molecule has 6 nitrogen and oxygen atoms in total. The van der Waals surface area contributed by atoms with E-state index >= 15 is 0 Å². The van der Waals surface area contributed by atoms with E-state index < -0.39 is 36.6 Å². The summed E-state index contributed by atoms with van der Waals surface area (Å²) in [5.74, 6) is 0. The molecule has 26 heavy (non-hydrogen) atoms. The van der Waals surface area contributed by atoms with Crippen molar-refractivity contribution in [2.75, 3.05) is 0 Å². The summed E-state index contributed by atoms with van der Waals surface area (Å²) in [5.41, 5.74) is 0. The third-order valence-corrected chi connectivity index (χ3v) is 0. The molecule has 0 atom stereocenters. The molecule has 0 radical (unpaired) electrons. The molecule has 0 saturated heterocycles. The molecule has 0 aromatic rings. The second-order valence-electron chi connectivity index (χ2n) is 6.29. The Balaban J connectivity index is -0.0000000245. The van der Waals surface area contributed by atoms with E-state index in [-0.39, 0.29) is 77.2 Å². The SMILES string of the molecule is CC(C)[O-].CC(C)[O-].CC(C)[O-].CC(C)[O-].CC(C)[O-].CC(C)[O-].[Tb+3].[Tb+3]. The smallest absolute Gasteiger partial charge is 0.852 e. The normalized spacial score (nSPS) is 8.31. The van der Waals surface area contributed by atoms with Gasteiger partial charge in [0.1, 0.15) is 0 Å². The number of hydrogen-bond donors (Lipinski definition) is 0. The van der Waals surface area contributed by atoms with Gasteiger partial charge in [-0.1, -0.05) is 83.1 Å². The summed E-state index contributed by atoms with van der Waals surface area (Å²) in [7, 11) is 0. The molecule has 0 aliphatic heterocycles. The molecule has 0 amide bonds. The topological polar surface area (TPSA) is 138 Å². The van der Waals surface area contributed by atoms with E-state index in [1.54, 1.807) is 83.1 Å². The minimum absolute atomic E-state index is 0. The van der Waals surface area contributed by atoms with E-state index in [4.69, 9.17) is 0 Å². The first-order valence-electron chi connectivity index (χ1n) is 8.34. The second-order valence-corrected chi connectivity index (χ2v) is 6.29. The summed E-state index contributed by atoms with van der Waals surface area (Å²) in [5, 5.41) is 57.2. The van der Waals surface area contributed by atoms with Crippen LogP contribution in [0.15, 0.2) is 0 Å². The van der Waals surface area contributed by atoms with E-state index in [2.05, 4.69) is 0 Å². The molecule has 0 aliphatic carbocycles. The van der Waals surface area contributed by atoms with Crippen LogP contribution in [0.1, 0.15) is 83.1 Å². The summed E-state index contributed by atoms with van der Waals surface area (Å²) in [6, 6.07) is 0. The monoisotopic (exact) mass is 672 g/mol.